The molecule has 1 heterocycles. The molecule has 0 amide bonds. The van der Waals surface area contributed by atoms with Crippen LogP contribution in [0.15, 0.2) is 6.20 Å². The van der Waals surface area contributed by atoms with Crippen molar-refractivity contribution < 1.29 is 10.2 Å². The Morgan fingerprint density at radius 3 is 2.64 bits per heavy atom. The van der Waals surface area contributed by atoms with Crippen molar-refractivity contribution in [1.82, 2.24) is 9.97 Å². The van der Waals surface area contributed by atoms with E-state index < -0.39 is 0 Å². The minimum atomic E-state index is -0.139. The highest BCUT2D eigenvalue weighted by Crippen LogP contribution is 2.01. The summed E-state index contributed by atoms with van der Waals surface area (Å²) in [4.78, 5) is 7.88. The largest absolute Gasteiger partial charge is 0.390 e. The number of aliphatic hydroxyl groups excluding tert-OH is 2. The maximum absolute atomic E-state index is 8.75. The van der Waals surface area contributed by atoms with Crippen LogP contribution >= 0.6 is 0 Å². The number of rotatable bonds is 2. The van der Waals surface area contributed by atoms with Crippen LogP contribution < -0.4 is 0 Å². The first-order chi connectivity index (χ1) is 5.27. The molecule has 60 valence electrons. The van der Waals surface area contributed by atoms with Crippen LogP contribution in [0.2, 0.25) is 0 Å². The van der Waals surface area contributed by atoms with E-state index in [4.69, 9.17) is 10.2 Å². The lowest BCUT2D eigenvalue weighted by Crippen LogP contribution is -2.00. The van der Waals surface area contributed by atoms with Crippen LogP contribution in [0.5, 0.6) is 0 Å². The molecule has 0 fully saturated rings. The van der Waals surface area contributed by atoms with Crippen molar-refractivity contribution in [2.45, 2.75) is 20.1 Å². The van der Waals surface area contributed by atoms with Gasteiger partial charge in [-0.15, -0.1) is 0 Å². The van der Waals surface area contributed by atoms with Gasteiger partial charge in [-0.25, -0.2) is 4.98 Å². The summed E-state index contributed by atoms with van der Waals surface area (Å²) in [7, 11) is 0. The maximum atomic E-state index is 8.75. The standard InChI is InChI=1S/C7H10N2O2/c1-5-7(4-11)9-6(3-10)2-8-5/h2,10-11H,3-4H2,1H3. The van der Waals surface area contributed by atoms with Gasteiger partial charge in [0.2, 0.25) is 0 Å². The van der Waals surface area contributed by atoms with E-state index >= 15 is 0 Å². The molecule has 0 spiro atoms. The molecular weight excluding hydrogens is 144 g/mol. The molecule has 0 aromatic carbocycles. The molecule has 0 atom stereocenters. The smallest absolute Gasteiger partial charge is 0.0874 e. The predicted molar refractivity (Wildman–Crippen MR) is 38.6 cm³/mol. The molecule has 0 aliphatic heterocycles. The van der Waals surface area contributed by atoms with Crippen LogP contribution in [0.25, 0.3) is 0 Å². The first-order valence-corrected chi connectivity index (χ1v) is 3.31. The van der Waals surface area contributed by atoms with E-state index in [2.05, 4.69) is 9.97 Å². The zero-order valence-corrected chi connectivity index (χ0v) is 6.28. The predicted octanol–water partition coefficient (Wildman–Crippen LogP) is -0.230. The average molecular weight is 154 g/mol. The molecule has 4 nitrogen and oxygen atoms in total. The third kappa shape index (κ3) is 1.72. The lowest BCUT2D eigenvalue weighted by atomic mass is 10.3. The van der Waals surface area contributed by atoms with E-state index in [0.717, 1.165) is 0 Å². The molecule has 2 N–H and O–H groups in total. The average Bonchev–Trinajstić information content (AvgIpc) is 2.05. The van der Waals surface area contributed by atoms with Gasteiger partial charge in [-0.1, -0.05) is 0 Å². The van der Waals surface area contributed by atoms with Crippen molar-refractivity contribution in [1.29, 1.82) is 0 Å². The molecule has 0 saturated carbocycles. The Morgan fingerprint density at radius 1 is 1.36 bits per heavy atom. The van der Waals surface area contributed by atoms with Crippen molar-refractivity contribution in [3.8, 4) is 0 Å². The van der Waals surface area contributed by atoms with Gasteiger partial charge < -0.3 is 10.2 Å². The maximum Gasteiger partial charge on any atom is 0.0874 e. The first kappa shape index (κ1) is 8.10. The Bertz CT molecular complexity index is 250. The Hall–Kier alpha value is -1.00. The highest BCUT2D eigenvalue weighted by molar-refractivity contribution is 5.10. The SMILES string of the molecule is Cc1ncc(CO)nc1CO. The molecule has 0 bridgehead atoms. The Morgan fingerprint density at radius 2 is 2.09 bits per heavy atom. The quantitative estimate of drug-likeness (QED) is 0.617. The van der Waals surface area contributed by atoms with Gasteiger partial charge in [-0.3, -0.25) is 4.98 Å². The number of hydrogen-bond acceptors (Lipinski definition) is 4. The molecule has 0 radical (unpaired) electrons. The van der Waals surface area contributed by atoms with E-state index in [1.807, 2.05) is 0 Å². The van der Waals surface area contributed by atoms with Crippen molar-refractivity contribution in [3.05, 3.63) is 23.3 Å². The van der Waals surface area contributed by atoms with Gasteiger partial charge in [0.25, 0.3) is 0 Å². The summed E-state index contributed by atoms with van der Waals surface area (Å²) in [5.74, 6) is 0. The van der Waals surface area contributed by atoms with Crippen LogP contribution in [0.4, 0.5) is 0 Å². The van der Waals surface area contributed by atoms with Crippen LogP contribution in [-0.2, 0) is 13.2 Å². The lowest BCUT2D eigenvalue weighted by molar-refractivity contribution is 0.263. The summed E-state index contributed by atoms with van der Waals surface area (Å²) in [6, 6.07) is 0. The van der Waals surface area contributed by atoms with Crippen molar-refractivity contribution in [2.24, 2.45) is 0 Å². The number of nitrogens with zero attached hydrogens (tertiary/aromatic N) is 2. The fourth-order valence-electron chi connectivity index (χ4n) is 0.755. The topological polar surface area (TPSA) is 66.2 Å². The lowest BCUT2D eigenvalue weighted by Gasteiger charge is -2.01. The minimum absolute atomic E-state index is 0.132. The van der Waals surface area contributed by atoms with Crippen LogP contribution in [0.3, 0.4) is 0 Å². The third-order valence-electron chi connectivity index (χ3n) is 1.42. The summed E-state index contributed by atoms with van der Waals surface area (Å²) in [5, 5.41) is 17.4. The van der Waals surface area contributed by atoms with Gasteiger partial charge in [0.1, 0.15) is 0 Å². The van der Waals surface area contributed by atoms with E-state index in [1.165, 1.54) is 6.20 Å². The van der Waals surface area contributed by atoms with Crippen molar-refractivity contribution in [3.63, 3.8) is 0 Å². The Kier molecular flexibility index (Phi) is 2.51. The van der Waals surface area contributed by atoms with E-state index in [0.29, 0.717) is 17.1 Å². The molecular formula is C7H10N2O2. The van der Waals surface area contributed by atoms with Crippen LogP contribution in [0.1, 0.15) is 17.1 Å². The van der Waals surface area contributed by atoms with Crippen LogP contribution in [0, 0.1) is 6.92 Å². The van der Waals surface area contributed by atoms with E-state index in [9.17, 15) is 0 Å². The van der Waals surface area contributed by atoms with Gasteiger partial charge in [-0.05, 0) is 6.92 Å². The van der Waals surface area contributed by atoms with E-state index in [1.54, 1.807) is 6.92 Å². The summed E-state index contributed by atoms with van der Waals surface area (Å²) < 4.78 is 0. The minimum Gasteiger partial charge on any atom is -0.390 e. The summed E-state index contributed by atoms with van der Waals surface area (Å²) in [5.41, 5.74) is 1.71. The van der Waals surface area contributed by atoms with Gasteiger partial charge in [0, 0.05) is 0 Å². The first-order valence-electron chi connectivity index (χ1n) is 3.31. The van der Waals surface area contributed by atoms with Gasteiger partial charge in [0.15, 0.2) is 0 Å². The van der Waals surface area contributed by atoms with Gasteiger partial charge in [-0.2, -0.15) is 0 Å². The normalized spacial score (nSPS) is 10.1. The second-order valence-corrected chi connectivity index (χ2v) is 2.21. The Labute approximate surface area is 64.6 Å². The molecule has 0 aliphatic rings. The highest BCUT2D eigenvalue weighted by Gasteiger charge is 2.00. The molecule has 0 aliphatic carbocycles. The summed E-state index contributed by atoms with van der Waals surface area (Å²) in [6.45, 7) is 1.49. The van der Waals surface area contributed by atoms with Crippen molar-refractivity contribution >= 4 is 0 Å². The fraction of sp³-hybridized carbons (Fsp3) is 0.429. The number of aryl methyl sites for hydroxylation is 1. The summed E-state index contributed by atoms with van der Waals surface area (Å²) >= 11 is 0. The highest BCUT2D eigenvalue weighted by atomic mass is 16.3. The van der Waals surface area contributed by atoms with E-state index in [-0.39, 0.29) is 13.2 Å². The Balaban J connectivity index is 3.02. The molecule has 0 unspecified atom stereocenters. The summed E-state index contributed by atoms with van der Waals surface area (Å²) in [6.07, 6.45) is 1.49. The number of aliphatic hydroxyl groups is 2. The molecule has 1 aromatic rings. The second kappa shape index (κ2) is 3.41. The van der Waals surface area contributed by atoms with Gasteiger partial charge in [0.05, 0.1) is 36.5 Å². The molecule has 11 heavy (non-hydrogen) atoms. The third-order valence-corrected chi connectivity index (χ3v) is 1.42. The van der Waals surface area contributed by atoms with Crippen LogP contribution in [-0.4, -0.2) is 20.2 Å². The second-order valence-electron chi connectivity index (χ2n) is 2.21. The molecule has 1 rings (SSSR count). The van der Waals surface area contributed by atoms with Crippen molar-refractivity contribution in [2.75, 3.05) is 0 Å². The fourth-order valence-corrected chi connectivity index (χ4v) is 0.755. The number of aromatic nitrogens is 2. The zero-order valence-electron chi connectivity index (χ0n) is 6.28. The molecule has 0 saturated heterocycles. The zero-order chi connectivity index (χ0) is 8.27. The molecule has 1 aromatic heterocycles. The van der Waals surface area contributed by atoms with Gasteiger partial charge >= 0.3 is 0 Å². The monoisotopic (exact) mass is 154 g/mol. The molecule has 4 heteroatoms. The number of hydrogen-bond donors (Lipinski definition) is 2.